The Labute approximate surface area is 125 Å². The van der Waals surface area contributed by atoms with Crippen molar-refractivity contribution < 1.29 is 14.6 Å². The summed E-state index contributed by atoms with van der Waals surface area (Å²) in [4.78, 5) is 0. The number of benzene rings is 2. The van der Waals surface area contributed by atoms with Gasteiger partial charge in [0, 0.05) is 12.5 Å². The summed E-state index contributed by atoms with van der Waals surface area (Å²) >= 11 is 0. The maximum atomic E-state index is 10.6. The molecule has 0 bridgehead atoms. The minimum absolute atomic E-state index is 0.178. The van der Waals surface area contributed by atoms with Crippen molar-refractivity contribution in [3.05, 3.63) is 59.7 Å². The van der Waals surface area contributed by atoms with Gasteiger partial charge in [-0.15, -0.1) is 0 Å². The molecule has 0 aliphatic carbocycles. The van der Waals surface area contributed by atoms with Crippen LogP contribution in [0.3, 0.4) is 0 Å². The fourth-order valence-corrected chi connectivity index (χ4v) is 2.36. The molecule has 4 nitrogen and oxygen atoms in total. The lowest BCUT2D eigenvalue weighted by Crippen LogP contribution is -2.20. The molecule has 0 amide bonds. The maximum absolute atomic E-state index is 10.6. The molecule has 0 heterocycles. The predicted molar refractivity (Wildman–Crippen MR) is 82.7 cm³/mol. The van der Waals surface area contributed by atoms with Crippen LogP contribution in [0, 0.1) is 0 Å². The molecule has 2 unspecified atom stereocenters. The van der Waals surface area contributed by atoms with Crippen LogP contribution in [0.15, 0.2) is 48.5 Å². The molecule has 112 valence electrons. The van der Waals surface area contributed by atoms with Crippen molar-refractivity contribution in [3.8, 4) is 11.5 Å². The number of hydrogen-bond donors (Lipinski definition) is 2. The maximum Gasteiger partial charge on any atom is 0.119 e. The Morgan fingerprint density at radius 2 is 1.62 bits per heavy atom. The van der Waals surface area contributed by atoms with E-state index in [0.717, 1.165) is 22.6 Å². The van der Waals surface area contributed by atoms with Crippen LogP contribution in [-0.4, -0.2) is 25.9 Å². The van der Waals surface area contributed by atoms with Crippen LogP contribution in [0.4, 0.5) is 0 Å². The van der Waals surface area contributed by atoms with Crippen molar-refractivity contribution >= 4 is 0 Å². The molecule has 0 radical (unpaired) electrons. The van der Waals surface area contributed by atoms with Crippen LogP contribution >= 0.6 is 0 Å². The third-order valence-corrected chi connectivity index (χ3v) is 3.61. The molecule has 2 rings (SSSR count). The lowest BCUT2D eigenvalue weighted by atomic mass is 9.89. The Balaban J connectivity index is 2.26. The highest BCUT2D eigenvalue weighted by molar-refractivity contribution is 5.35. The normalized spacial score (nSPS) is 13.5. The van der Waals surface area contributed by atoms with E-state index in [-0.39, 0.29) is 5.92 Å². The SMILES string of the molecule is COc1ccc(C(CN)C(O)c2cccc(OC)c2)cc1. The molecule has 2 aromatic rings. The van der Waals surface area contributed by atoms with Crippen molar-refractivity contribution in [2.45, 2.75) is 12.0 Å². The van der Waals surface area contributed by atoms with Gasteiger partial charge in [-0.25, -0.2) is 0 Å². The van der Waals surface area contributed by atoms with Gasteiger partial charge in [0.1, 0.15) is 11.5 Å². The van der Waals surface area contributed by atoms with Crippen LogP contribution in [-0.2, 0) is 0 Å². The van der Waals surface area contributed by atoms with E-state index in [0.29, 0.717) is 6.54 Å². The second-order valence-corrected chi connectivity index (χ2v) is 4.84. The Morgan fingerprint density at radius 1 is 0.952 bits per heavy atom. The number of aliphatic hydroxyl groups is 1. The van der Waals surface area contributed by atoms with Gasteiger partial charge in [0.05, 0.1) is 20.3 Å². The highest BCUT2D eigenvalue weighted by Gasteiger charge is 2.22. The molecule has 0 spiro atoms. The van der Waals surface area contributed by atoms with Gasteiger partial charge in [-0.1, -0.05) is 24.3 Å². The molecule has 0 aromatic heterocycles. The second kappa shape index (κ2) is 7.11. The summed E-state index contributed by atoms with van der Waals surface area (Å²) in [7, 11) is 3.23. The van der Waals surface area contributed by atoms with E-state index in [1.54, 1.807) is 14.2 Å². The smallest absolute Gasteiger partial charge is 0.119 e. The van der Waals surface area contributed by atoms with Crippen LogP contribution in [0.1, 0.15) is 23.1 Å². The number of rotatable bonds is 6. The van der Waals surface area contributed by atoms with E-state index in [4.69, 9.17) is 15.2 Å². The Morgan fingerprint density at radius 3 is 2.19 bits per heavy atom. The van der Waals surface area contributed by atoms with Gasteiger partial charge in [-0.05, 0) is 35.4 Å². The van der Waals surface area contributed by atoms with E-state index in [1.165, 1.54) is 0 Å². The standard InChI is InChI=1S/C17H21NO3/c1-20-14-8-6-12(7-9-14)16(11-18)17(19)13-4-3-5-15(10-13)21-2/h3-10,16-17,19H,11,18H2,1-2H3. The number of hydrogen-bond acceptors (Lipinski definition) is 4. The van der Waals surface area contributed by atoms with Crippen molar-refractivity contribution in [2.24, 2.45) is 5.73 Å². The first-order chi connectivity index (χ1) is 10.2. The summed E-state index contributed by atoms with van der Waals surface area (Å²) in [5.41, 5.74) is 7.63. The van der Waals surface area contributed by atoms with Crippen molar-refractivity contribution in [2.75, 3.05) is 20.8 Å². The summed E-state index contributed by atoms with van der Waals surface area (Å²) in [6.45, 7) is 0.352. The zero-order valence-corrected chi connectivity index (χ0v) is 12.3. The van der Waals surface area contributed by atoms with E-state index < -0.39 is 6.10 Å². The molecule has 2 aromatic carbocycles. The monoisotopic (exact) mass is 287 g/mol. The van der Waals surface area contributed by atoms with Gasteiger partial charge in [0.15, 0.2) is 0 Å². The minimum atomic E-state index is -0.682. The Hall–Kier alpha value is -2.04. The van der Waals surface area contributed by atoms with E-state index in [2.05, 4.69) is 0 Å². The van der Waals surface area contributed by atoms with Gasteiger partial charge in [-0.3, -0.25) is 0 Å². The molecule has 0 fully saturated rings. The molecule has 0 aliphatic heterocycles. The van der Waals surface area contributed by atoms with Crippen LogP contribution < -0.4 is 15.2 Å². The van der Waals surface area contributed by atoms with Gasteiger partial charge in [0.25, 0.3) is 0 Å². The lowest BCUT2D eigenvalue weighted by molar-refractivity contribution is 0.147. The molecule has 0 saturated heterocycles. The summed E-state index contributed by atoms with van der Waals surface area (Å²) in [6, 6.07) is 15.0. The van der Waals surface area contributed by atoms with Crippen LogP contribution in [0.5, 0.6) is 11.5 Å². The van der Waals surface area contributed by atoms with Gasteiger partial charge in [-0.2, -0.15) is 0 Å². The average molecular weight is 287 g/mol. The number of nitrogens with two attached hydrogens (primary N) is 1. The fraction of sp³-hybridized carbons (Fsp3) is 0.294. The number of aliphatic hydroxyl groups excluding tert-OH is 1. The predicted octanol–water partition coefficient (Wildman–Crippen LogP) is 2.48. The number of methoxy groups -OCH3 is 2. The third-order valence-electron chi connectivity index (χ3n) is 3.61. The zero-order chi connectivity index (χ0) is 15.2. The van der Waals surface area contributed by atoms with E-state index >= 15 is 0 Å². The van der Waals surface area contributed by atoms with Gasteiger partial charge in [0.2, 0.25) is 0 Å². The molecular weight excluding hydrogens is 266 g/mol. The van der Waals surface area contributed by atoms with Crippen LogP contribution in [0.25, 0.3) is 0 Å². The molecule has 4 heteroatoms. The largest absolute Gasteiger partial charge is 0.497 e. The van der Waals surface area contributed by atoms with E-state index in [1.807, 2.05) is 48.5 Å². The average Bonchev–Trinajstić information content (AvgIpc) is 2.56. The first-order valence-corrected chi connectivity index (χ1v) is 6.85. The summed E-state index contributed by atoms with van der Waals surface area (Å²) in [5, 5.41) is 10.6. The first kappa shape index (κ1) is 15.4. The Bertz CT molecular complexity index is 569. The summed E-state index contributed by atoms with van der Waals surface area (Å²) < 4.78 is 10.3. The highest BCUT2D eigenvalue weighted by Crippen LogP contribution is 2.32. The summed E-state index contributed by atoms with van der Waals surface area (Å²) in [5.74, 6) is 1.32. The molecule has 2 atom stereocenters. The fourth-order valence-electron chi connectivity index (χ4n) is 2.36. The summed E-state index contributed by atoms with van der Waals surface area (Å²) in [6.07, 6.45) is -0.682. The van der Waals surface area contributed by atoms with Crippen LogP contribution in [0.2, 0.25) is 0 Å². The first-order valence-electron chi connectivity index (χ1n) is 6.85. The van der Waals surface area contributed by atoms with Crippen molar-refractivity contribution in [1.82, 2.24) is 0 Å². The highest BCUT2D eigenvalue weighted by atomic mass is 16.5. The molecule has 3 N–H and O–H groups in total. The zero-order valence-electron chi connectivity index (χ0n) is 12.3. The van der Waals surface area contributed by atoms with Gasteiger partial charge >= 0.3 is 0 Å². The second-order valence-electron chi connectivity index (χ2n) is 4.84. The quantitative estimate of drug-likeness (QED) is 0.856. The van der Waals surface area contributed by atoms with Gasteiger partial charge < -0.3 is 20.3 Å². The third kappa shape index (κ3) is 3.54. The lowest BCUT2D eigenvalue weighted by Gasteiger charge is -2.23. The molecule has 0 aliphatic rings. The molecule has 0 saturated carbocycles. The minimum Gasteiger partial charge on any atom is -0.497 e. The topological polar surface area (TPSA) is 64.7 Å². The number of ether oxygens (including phenoxy) is 2. The molecular formula is C17H21NO3. The van der Waals surface area contributed by atoms with E-state index in [9.17, 15) is 5.11 Å². The van der Waals surface area contributed by atoms with Crippen molar-refractivity contribution in [1.29, 1.82) is 0 Å². The molecule has 21 heavy (non-hydrogen) atoms. The Kier molecular flexibility index (Phi) is 5.20. The van der Waals surface area contributed by atoms with Crippen molar-refractivity contribution in [3.63, 3.8) is 0 Å².